The summed E-state index contributed by atoms with van der Waals surface area (Å²) in [5, 5.41) is 11.2. The quantitative estimate of drug-likeness (QED) is 0.834. The molecule has 0 radical (unpaired) electrons. The van der Waals surface area contributed by atoms with Crippen LogP contribution in [0.4, 0.5) is 0 Å². The van der Waals surface area contributed by atoms with Crippen molar-refractivity contribution in [2.45, 2.75) is 57.3 Å². The Morgan fingerprint density at radius 1 is 1.40 bits per heavy atom. The fourth-order valence-electron chi connectivity index (χ4n) is 3.86. The van der Waals surface area contributed by atoms with E-state index < -0.39 is 0 Å². The summed E-state index contributed by atoms with van der Waals surface area (Å²) in [7, 11) is 4.73. The van der Waals surface area contributed by atoms with Gasteiger partial charge in [-0.1, -0.05) is 5.21 Å². The zero-order chi connectivity index (χ0) is 14.3. The first-order chi connectivity index (χ1) is 9.46. The predicted octanol–water partition coefficient (Wildman–Crippen LogP) is 0.857. The van der Waals surface area contributed by atoms with E-state index in [2.05, 4.69) is 29.7 Å². The molecule has 0 spiro atoms. The summed E-state index contributed by atoms with van der Waals surface area (Å²) in [6.07, 6.45) is 7.04. The molecule has 1 unspecified atom stereocenters. The van der Waals surface area contributed by atoms with Crippen molar-refractivity contribution in [2.24, 2.45) is 0 Å². The normalized spacial score (nSPS) is 31.2. The number of carbonyl (C=O) groups excluding carboxylic acids is 1. The van der Waals surface area contributed by atoms with Crippen molar-refractivity contribution in [1.82, 2.24) is 20.3 Å². The lowest BCUT2D eigenvalue weighted by Gasteiger charge is -2.44. The topological polar surface area (TPSA) is 59.8 Å². The average molecular weight is 278 g/mol. The molecule has 0 aromatic carbocycles. The minimum Gasteiger partial charge on any atom is -0.351 e. The van der Waals surface area contributed by atoms with Crippen LogP contribution >= 0.6 is 0 Å². The van der Waals surface area contributed by atoms with Gasteiger partial charge in [0.25, 0.3) is 0 Å². The molecule has 2 fully saturated rings. The maximum absolute atomic E-state index is 10.9. The molecule has 0 saturated carbocycles. The second-order valence-corrected chi connectivity index (χ2v) is 6.74. The van der Waals surface area contributed by atoms with E-state index in [1.807, 2.05) is 10.9 Å². The van der Waals surface area contributed by atoms with E-state index in [1.165, 1.54) is 37.1 Å². The Labute approximate surface area is 119 Å². The van der Waals surface area contributed by atoms with Gasteiger partial charge in [-0.3, -0.25) is 4.79 Å². The van der Waals surface area contributed by atoms with E-state index in [4.69, 9.17) is 0 Å². The van der Waals surface area contributed by atoms with Crippen LogP contribution in [0.25, 0.3) is 0 Å². The molecular weight excluding hydrogens is 254 g/mol. The smallest absolute Gasteiger partial charge is 0.217 e. The second-order valence-electron chi connectivity index (χ2n) is 6.74. The molecule has 2 aliphatic heterocycles. The van der Waals surface area contributed by atoms with E-state index >= 15 is 0 Å². The predicted molar refractivity (Wildman–Crippen MR) is 74.7 cm³/mol. The van der Waals surface area contributed by atoms with Gasteiger partial charge in [-0.15, -0.1) is 5.10 Å². The zero-order valence-corrected chi connectivity index (χ0v) is 12.5. The van der Waals surface area contributed by atoms with Crippen LogP contribution in [-0.4, -0.2) is 51.6 Å². The lowest BCUT2D eigenvalue weighted by Crippen LogP contribution is -2.54. The lowest BCUT2D eigenvalue weighted by atomic mass is 9.96. The largest absolute Gasteiger partial charge is 0.351 e. The van der Waals surface area contributed by atoms with E-state index in [0.717, 1.165) is 17.8 Å². The summed E-state index contributed by atoms with van der Waals surface area (Å²) in [4.78, 5) is 10.9. The highest BCUT2D eigenvalue weighted by atomic mass is 16.1. The maximum Gasteiger partial charge on any atom is 0.217 e. The van der Waals surface area contributed by atoms with Crippen LogP contribution in [0.1, 0.15) is 44.3 Å². The third-order valence-electron chi connectivity index (χ3n) is 5.25. The minimum absolute atomic E-state index is 0.0330. The summed E-state index contributed by atoms with van der Waals surface area (Å²) in [6, 6.07) is 1.97. The number of hydrogen-bond acceptors (Lipinski definition) is 3. The van der Waals surface area contributed by atoms with Gasteiger partial charge in [0.15, 0.2) is 0 Å². The first kappa shape index (κ1) is 13.5. The second kappa shape index (κ2) is 4.84. The van der Waals surface area contributed by atoms with Crippen LogP contribution in [0.5, 0.6) is 0 Å². The Hall–Kier alpha value is -1.43. The van der Waals surface area contributed by atoms with E-state index in [-0.39, 0.29) is 5.91 Å². The van der Waals surface area contributed by atoms with Gasteiger partial charge < -0.3 is 9.80 Å². The number of amides is 1. The molecule has 20 heavy (non-hydrogen) atoms. The highest BCUT2D eigenvalue weighted by Gasteiger charge is 2.49. The Kier molecular flexibility index (Phi) is 3.28. The van der Waals surface area contributed by atoms with Gasteiger partial charge in [-0.2, -0.15) is 0 Å². The van der Waals surface area contributed by atoms with E-state index in [1.54, 1.807) is 0 Å². The Morgan fingerprint density at radius 3 is 2.65 bits per heavy atom. The van der Waals surface area contributed by atoms with Crippen LogP contribution in [0.3, 0.4) is 0 Å². The number of nitrogens with zero attached hydrogens (tertiary/aromatic N) is 4. The number of rotatable bonds is 3. The molecule has 3 heterocycles. The van der Waals surface area contributed by atoms with Crippen LogP contribution in [0.15, 0.2) is 6.20 Å². The van der Waals surface area contributed by atoms with Crippen molar-refractivity contribution in [3.8, 4) is 0 Å². The summed E-state index contributed by atoms with van der Waals surface area (Å²) >= 11 is 0. The Morgan fingerprint density at radius 2 is 2.05 bits per heavy atom. The molecule has 6 nitrogen and oxygen atoms in total. The summed E-state index contributed by atoms with van der Waals surface area (Å²) in [5.41, 5.74) is 0.840. The van der Waals surface area contributed by atoms with Crippen LogP contribution in [0.2, 0.25) is 0 Å². The Bertz CT molecular complexity index is 493. The molecular formula is C14H24N5O+. The van der Waals surface area contributed by atoms with Crippen LogP contribution in [0, 0.1) is 0 Å². The van der Waals surface area contributed by atoms with Crippen molar-refractivity contribution < 1.29 is 9.28 Å². The van der Waals surface area contributed by atoms with Crippen molar-refractivity contribution in [3.05, 3.63) is 11.9 Å². The number of aromatic nitrogens is 3. The number of hydrogen-bond donors (Lipinski definition) is 1. The fourth-order valence-corrected chi connectivity index (χ4v) is 3.86. The van der Waals surface area contributed by atoms with Crippen LogP contribution < -0.4 is 5.32 Å². The summed E-state index contributed by atoms with van der Waals surface area (Å²) in [5.74, 6) is -0.0330. The van der Waals surface area contributed by atoms with Crippen molar-refractivity contribution in [1.29, 1.82) is 0 Å². The third kappa shape index (κ3) is 2.32. The van der Waals surface area contributed by atoms with E-state index in [9.17, 15) is 4.79 Å². The lowest BCUT2D eigenvalue weighted by molar-refractivity contribution is -0.931. The molecule has 110 valence electrons. The molecule has 2 saturated heterocycles. The molecule has 3 rings (SSSR count). The first-order valence-corrected chi connectivity index (χ1v) is 7.45. The van der Waals surface area contributed by atoms with Crippen molar-refractivity contribution in [3.63, 3.8) is 0 Å². The molecule has 6 heteroatoms. The molecule has 0 aliphatic carbocycles. The monoisotopic (exact) mass is 278 g/mol. The van der Waals surface area contributed by atoms with E-state index in [0.29, 0.717) is 12.6 Å². The van der Waals surface area contributed by atoms with Crippen molar-refractivity contribution in [2.75, 3.05) is 14.1 Å². The molecule has 2 aliphatic rings. The third-order valence-corrected chi connectivity index (χ3v) is 5.25. The number of fused-ring (bicyclic) bond motifs is 2. The van der Waals surface area contributed by atoms with Crippen LogP contribution in [-0.2, 0) is 11.3 Å². The van der Waals surface area contributed by atoms with Gasteiger partial charge in [0.1, 0.15) is 5.69 Å². The molecule has 3 atom stereocenters. The summed E-state index contributed by atoms with van der Waals surface area (Å²) in [6.45, 7) is 1.99. The zero-order valence-electron chi connectivity index (χ0n) is 12.5. The molecule has 1 amide bonds. The molecule has 2 bridgehead atoms. The number of quaternary nitrogens is 1. The molecule has 1 aromatic rings. The summed E-state index contributed by atoms with van der Waals surface area (Å²) < 4.78 is 3.19. The first-order valence-electron chi connectivity index (χ1n) is 7.45. The fraction of sp³-hybridized carbons (Fsp3) is 0.786. The van der Waals surface area contributed by atoms with Crippen molar-refractivity contribution >= 4 is 5.91 Å². The SMILES string of the molecule is CC(=O)NCc1cn(C2C[C@H]3CC[C@@H](C2)[N+]3(C)C)nn1. The number of nitrogens with one attached hydrogen (secondary N) is 1. The number of piperidine rings is 1. The Balaban J connectivity index is 1.68. The van der Waals surface area contributed by atoms with Gasteiger partial charge in [0, 0.05) is 32.6 Å². The number of carbonyl (C=O) groups is 1. The molecule has 1 aromatic heterocycles. The van der Waals surface area contributed by atoms with Gasteiger partial charge in [0.2, 0.25) is 5.91 Å². The average Bonchev–Trinajstić information content (AvgIpc) is 2.85. The molecule has 1 N–H and O–H groups in total. The highest BCUT2D eigenvalue weighted by Crippen LogP contribution is 2.43. The maximum atomic E-state index is 10.9. The highest BCUT2D eigenvalue weighted by molar-refractivity contribution is 5.72. The minimum atomic E-state index is -0.0330. The standard InChI is InChI=1S/C14H23N5O/c1-10(20)15-8-11-9-18(17-16-11)12-6-13-4-5-14(7-12)19(13,2)3/h9,12-14H,4-8H2,1-3H3/p+1/t12?,13-,14+. The van der Waals surface area contributed by atoms with Gasteiger partial charge in [-0.25, -0.2) is 4.68 Å². The van der Waals surface area contributed by atoms with Gasteiger partial charge in [-0.05, 0) is 0 Å². The van der Waals surface area contributed by atoms with Gasteiger partial charge >= 0.3 is 0 Å². The van der Waals surface area contributed by atoms with Gasteiger partial charge in [0.05, 0.1) is 45.0 Å².